The Kier molecular flexibility index (Phi) is 8.15. The molecule has 0 saturated heterocycles. The van der Waals surface area contributed by atoms with Gasteiger partial charge >= 0.3 is 0 Å². The van der Waals surface area contributed by atoms with Crippen LogP contribution in [0, 0.1) is 13.8 Å². The van der Waals surface area contributed by atoms with E-state index in [-0.39, 0.29) is 17.2 Å². The van der Waals surface area contributed by atoms with Crippen LogP contribution >= 0.6 is 23.1 Å². The summed E-state index contributed by atoms with van der Waals surface area (Å²) in [7, 11) is 0. The predicted octanol–water partition coefficient (Wildman–Crippen LogP) is 4.04. The molecular weight excluding hydrogens is 406 g/mol. The lowest BCUT2D eigenvalue weighted by Gasteiger charge is -2.22. The summed E-state index contributed by atoms with van der Waals surface area (Å²) >= 11 is 2.90. The van der Waals surface area contributed by atoms with Gasteiger partial charge in [-0.2, -0.15) is 0 Å². The van der Waals surface area contributed by atoms with Gasteiger partial charge in [0.05, 0.1) is 11.1 Å². The zero-order chi connectivity index (χ0) is 20.8. The Morgan fingerprint density at radius 2 is 2.07 bits per heavy atom. The molecule has 0 radical (unpaired) electrons. The van der Waals surface area contributed by atoms with Crippen molar-refractivity contribution in [1.29, 1.82) is 0 Å². The average molecular weight is 438 g/mol. The molecule has 2 aromatic heterocycles. The van der Waals surface area contributed by atoms with Crippen LogP contribution in [0.5, 0.6) is 0 Å². The molecule has 6 nitrogen and oxygen atoms in total. The summed E-state index contributed by atoms with van der Waals surface area (Å²) in [5.41, 5.74) is 0.996. The van der Waals surface area contributed by atoms with Crippen molar-refractivity contribution in [3.05, 3.63) is 20.8 Å². The molecule has 3 rings (SSSR count). The highest BCUT2D eigenvalue weighted by Gasteiger charge is 2.19. The minimum atomic E-state index is -0.0106. The number of thiophene rings is 1. The van der Waals surface area contributed by atoms with Gasteiger partial charge in [-0.15, -0.1) is 11.3 Å². The first-order chi connectivity index (χ1) is 14.0. The third kappa shape index (κ3) is 5.61. The van der Waals surface area contributed by atoms with Gasteiger partial charge in [-0.25, -0.2) is 4.98 Å². The minimum absolute atomic E-state index is 0.0106. The molecule has 2 heterocycles. The van der Waals surface area contributed by atoms with Gasteiger partial charge in [-0.05, 0) is 45.6 Å². The van der Waals surface area contributed by atoms with Crippen LogP contribution < -0.4 is 10.9 Å². The molecule has 1 amide bonds. The molecule has 8 heteroatoms. The quantitative estimate of drug-likeness (QED) is 0.364. The predicted molar refractivity (Wildman–Crippen MR) is 120 cm³/mol. The molecular formula is C21H31N3O3S2. The molecule has 1 aliphatic carbocycles. The van der Waals surface area contributed by atoms with E-state index in [0.717, 1.165) is 34.5 Å². The number of ether oxygens (including phenoxy) is 1. The first kappa shape index (κ1) is 22.3. The summed E-state index contributed by atoms with van der Waals surface area (Å²) in [5, 5.41) is 4.47. The molecule has 0 aromatic carbocycles. The number of nitrogens with one attached hydrogen (secondary N) is 1. The Morgan fingerprint density at radius 1 is 1.31 bits per heavy atom. The molecule has 0 aliphatic heterocycles. The Hall–Kier alpha value is -1.38. The van der Waals surface area contributed by atoms with E-state index in [1.807, 2.05) is 20.8 Å². The third-order valence-corrected chi connectivity index (χ3v) is 7.51. The highest BCUT2D eigenvalue weighted by Crippen LogP contribution is 2.28. The van der Waals surface area contributed by atoms with Gasteiger partial charge in [0.2, 0.25) is 5.91 Å². The van der Waals surface area contributed by atoms with Crippen LogP contribution in [-0.2, 0) is 16.1 Å². The molecule has 1 saturated carbocycles. The van der Waals surface area contributed by atoms with Crippen LogP contribution in [0.4, 0.5) is 0 Å². The number of carbonyl (C=O) groups excluding carboxylic acids is 1. The number of thioether (sulfide) groups is 1. The lowest BCUT2D eigenvalue weighted by Crippen LogP contribution is -2.37. The molecule has 2 aromatic rings. The van der Waals surface area contributed by atoms with Crippen LogP contribution in [0.25, 0.3) is 10.2 Å². The average Bonchev–Trinajstić information content (AvgIpc) is 2.99. The highest BCUT2D eigenvalue weighted by atomic mass is 32.2. The van der Waals surface area contributed by atoms with E-state index in [1.54, 1.807) is 15.9 Å². The van der Waals surface area contributed by atoms with Crippen LogP contribution in [0.2, 0.25) is 0 Å². The minimum Gasteiger partial charge on any atom is -0.382 e. The zero-order valence-electron chi connectivity index (χ0n) is 17.6. The van der Waals surface area contributed by atoms with Crippen molar-refractivity contribution < 1.29 is 9.53 Å². The van der Waals surface area contributed by atoms with E-state index in [1.165, 1.54) is 31.0 Å². The zero-order valence-corrected chi connectivity index (χ0v) is 19.2. The lowest BCUT2D eigenvalue weighted by atomic mass is 9.95. The number of aromatic nitrogens is 2. The summed E-state index contributed by atoms with van der Waals surface area (Å²) in [6.45, 7) is 7.77. The second-order valence-corrected chi connectivity index (χ2v) is 9.70. The summed E-state index contributed by atoms with van der Waals surface area (Å²) in [6, 6.07) is 0.295. The van der Waals surface area contributed by atoms with Gasteiger partial charge in [0.25, 0.3) is 5.56 Å². The fourth-order valence-corrected chi connectivity index (χ4v) is 5.64. The second-order valence-electron chi connectivity index (χ2n) is 7.56. The normalized spacial score (nSPS) is 15.1. The topological polar surface area (TPSA) is 73.2 Å². The fraction of sp³-hybridized carbons (Fsp3) is 0.667. The summed E-state index contributed by atoms with van der Waals surface area (Å²) in [4.78, 5) is 32.3. The maximum Gasteiger partial charge on any atom is 0.263 e. The van der Waals surface area contributed by atoms with Crippen molar-refractivity contribution >= 4 is 39.2 Å². The SMILES string of the molecule is CCOCCCn1c(SCC(=O)NC2CCCCC2)nc2sc(C)c(C)c2c1=O. The standard InChI is InChI=1S/C21H31N3O3S2/c1-4-27-12-8-11-24-20(26)18-14(2)15(3)29-19(18)23-21(24)28-13-17(25)22-16-9-6-5-7-10-16/h16H,4-13H2,1-3H3,(H,22,25). The van der Waals surface area contributed by atoms with Crippen LogP contribution in [0.15, 0.2) is 9.95 Å². The molecule has 0 unspecified atom stereocenters. The van der Waals surface area contributed by atoms with Gasteiger partial charge < -0.3 is 10.1 Å². The highest BCUT2D eigenvalue weighted by molar-refractivity contribution is 7.99. The molecule has 29 heavy (non-hydrogen) atoms. The van der Waals surface area contributed by atoms with Gasteiger partial charge in [0.15, 0.2) is 5.16 Å². The lowest BCUT2D eigenvalue weighted by molar-refractivity contribution is -0.119. The number of fused-ring (bicyclic) bond motifs is 1. The molecule has 1 fully saturated rings. The summed E-state index contributed by atoms with van der Waals surface area (Å²) in [5.74, 6) is 0.305. The van der Waals surface area contributed by atoms with Crippen LogP contribution in [0.1, 0.15) is 55.9 Å². The number of hydrogen-bond donors (Lipinski definition) is 1. The van der Waals surface area contributed by atoms with E-state index in [2.05, 4.69) is 5.32 Å². The first-order valence-electron chi connectivity index (χ1n) is 10.5. The summed E-state index contributed by atoms with van der Waals surface area (Å²) < 4.78 is 7.15. The fourth-order valence-electron chi connectivity index (χ4n) is 3.73. The number of amides is 1. The number of nitrogens with zero attached hydrogens (tertiary/aromatic N) is 2. The van der Waals surface area contributed by atoms with Gasteiger partial charge in [-0.1, -0.05) is 31.0 Å². The van der Waals surface area contributed by atoms with Crippen molar-refractivity contribution in [3.8, 4) is 0 Å². The number of carbonyl (C=O) groups is 1. The van der Waals surface area contributed by atoms with E-state index < -0.39 is 0 Å². The Labute approximate surface area is 180 Å². The molecule has 1 aliphatic rings. The Bertz CT molecular complexity index is 901. The molecule has 160 valence electrons. The molecule has 0 atom stereocenters. The number of hydrogen-bond acceptors (Lipinski definition) is 6. The maximum absolute atomic E-state index is 13.2. The van der Waals surface area contributed by atoms with Crippen molar-refractivity contribution in [2.45, 2.75) is 77.0 Å². The molecule has 0 bridgehead atoms. The van der Waals surface area contributed by atoms with Crippen molar-refractivity contribution in [2.75, 3.05) is 19.0 Å². The van der Waals surface area contributed by atoms with Gasteiger partial charge in [-0.3, -0.25) is 14.2 Å². The van der Waals surface area contributed by atoms with Crippen LogP contribution in [0.3, 0.4) is 0 Å². The van der Waals surface area contributed by atoms with Crippen molar-refractivity contribution in [2.24, 2.45) is 0 Å². The second kappa shape index (κ2) is 10.6. The Balaban J connectivity index is 1.76. The van der Waals surface area contributed by atoms with E-state index >= 15 is 0 Å². The first-order valence-corrected chi connectivity index (χ1v) is 12.3. The van der Waals surface area contributed by atoms with Gasteiger partial charge in [0, 0.05) is 30.7 Å². The van der Waals surface area contributed by atoms with Crippen molar-refractivity contribution in [1.82, 2.24) is 14.9 Å². The third-order valence-electron chi connectivity index (χ3n) is 5.43. The van der Waals surface area contributed by atoms with E-state index in [4.69, 9.17) is 9.72 Å². The number of aryl methyl sites for hydroxylation is 2. The monoisotopic (exact) mass is 437 g/mol. The van der Waals surface area contributed by atoms with Gasteiger partial charge in [0.1, 0.15) is 4.83 Å². The number of rotatable bonds is 9. The largest absolute Gasteiger partial charge is 0.382 e. The Morgan fingerprint density at radius 3 is 2.79 bits per heavy atom. The summed E-state index contributed by atoms with van der Waals surface area (Å²) in [6.07, 6.45) is 6.51. The van der Waals surface area contributed by atoms with Crippen molar-refractivity contribution in [3.63, 3.8) is 0 Å². The van der Waals surface area contributed by atoms with Crippen LogP contribution in [-0.4, -0.2) is 40.5 Å². The molecule has 1 N–H and O–H groups in total. The van der Waals surface area contributed by atoms with E-state index in [9.17, 15) is 9.59 Å². The maximum atomic E-state index is 13.2. The molecule has 0 spiro atoms. The smallest absolute Gasteiger partial charge is 0.263 e. The van der Waals surface area contributed by atoms with E-state index in [0.29, 0.717) is 36.3 Å².